The Hall–Kier alpha value is -1.98. The van der Waals surface area contributed by atoms with Gasteiger partial charge in [0, 0.05) is 10.9 Å². The minimum absolute atomic E-state index is 0.199. The Morgan fingerprint density at radius 2 is 1.89 bits per heavy atom. The number of nitrogens with zero attached hydrogens (tertiary/aromatic N) is 2. The molecule has 7 heteroatoms. The minimum Gasteiger partial charge on any atom is -0.216 e. The van der Waals surface area contributed by atoms with Crippen molar-refractivity contribution < 1.29 is 18.0 Å². The fourth-order valence-electron chi connectivity index (χ4n) is 1.30. The smallest absolute Gasteiger partial charge is 0.216 e. The third-order valence-electron chi connectivity index (χ3n) is 2.11. The van der Waals surface area contributed by atoms with E-state index in [0.29, 0.717) is 10.6 Å². The van der Waals surface area contributed by atoms with Crippen LogP contribution in [-0.4, -0.2) is 11.1 Å². The molecule has 1 aromatic carbocycles. The van der Waals surface area contributed by atoms with Crippen LogP contribution in [0.1, 0.15) is 5.56 Å². The standard InChI is InChI=1S/C11H5F3N2OS/c12-11(13,14)8-3-1-7(2-4-8)10-16-9(5-18-10)15-6-17/h1-5H. The molecular weight excluding hydrogens is 265 g/mol. The van der Waals surface area contributed by atoms with Gasteiger partial charge in [0.2, 0.25) is 6.08 Å². The van der Waals surface area contributed by atoms with Gasteiger partial charge in [-0.05, 0) is 12.1 Å². The number of thiazole rings is 1. The van der Waals surface area contributed by atoms with Gasteiger partial charge in [-0.25, -0.2) is 9.78 Å². The van der Waals surface area contributed by atoms with Gasteiger partial charge in [-0.15, -0.1) is 16.3 Å². The molecule has 0 spiro atoms. The van der Waals surface area contributed by atoms with Crippen LogP contribution < -0.4 is 0 Å². The van der Waals surface area contributed by atoms with Crippen LogP contribution in [0.5, 0.6) is 0 Å². The number of carbonyl (C=O) groups excluding carboxylic acids is 1. The first kappa shape index (κ1) is 12.5. The monoisotopic (exact) mass is 270 g/mol. The second-order valence-corrected chi connectivity index (χ2v) is 4.15. The topological polar surface area (TPSA) is 42.3 Å². The highest BCUT2D eigenvalue weighted by atomic mass is 32.1. The third-order valence-corrected chi connectivity index (χ3v) is 2.99. The summed E-state index contributed by atoms with van der Waals surface area (Å²) >= 11 is 1.19. The molecule has 0 aliphatic rings. The van der Waals surface area contributed by atoms with Crippen LogP contribution in [0.4, 0.5) is 19.0 Å². The van der Waals surface area contributed by atoms with Crippen molar-refractivity contribution in [2.45, 2.75) is 6.18 Å². The zero-order chi connectivity index (χ0) is 13.2. The zero-order valence-electron chi connectivity index (χ0n) is 8.73. The summed E-state index contributed by atoms with van der Waals surface area (Å²) in [6.45, 7) is 0. The van der Waals surface area contributed by atoms with Crippen LogP contribution in [0.2, 0.25) is 0 Å². The molecule has 0 fully saturated rings. The van der Waals surface area contributed by atoms with Crippen molar-refractivity contribution in [3.05, 3.63) is 35.2 Å². The fraction of sp³-hybridized carbons (Fsp3) is 0.0909. The van der Waals surface area contributed by atoms with E-state index < -0.39 is 11.7 Å². The Morgan fingerprint density at radius 3 is 2.44 bits per heavy atom. The molecule has 0 atom stereocenters. The van der Waals surface area contributed by atoms with Crippen LogP contribution in [0.25, 0.3) is 10.6 Å². The van der Waals surface area contributed by atoms with E-state index in [0.717, 1.165) is 12.1 Å². The highest BCUT2D eigenvalue weighted by molar-refractivity contribution is 7.13. The van der Waals surface area contributed by atoms with Crippen LogP contribution in [-0.2, 0) is 11.0 Å². The Balaban J connectivity index is 2.31. The molecule has 2 rings (SSSR count). The quantitative estimate of drug-likeness (QED) is 0.615. The molecule has 0 bridgehead atoms. The normalized spacial score (nSPS) is 11.1. The maximum absolute atomic E-state index is 12.4. The molecule has 3 nitrogen and oxygen atoms in total. The largest absolute Gasteiger partial charge is 0.416 e. The Bertz CT molecular complexity index is 597. The average molecular weight is 270 g/mol. The van der Waals surface area contributed by atoms with E-state index >= 15 is 0 Å². The van der Waals surface area contributed by atoms with Crippen molar-refractivity contribution >= 4 is 23.2 Å². The molecule has 1 aromatic heterocycles. The van der Waals surface area contributed by atoms with Gasteiger partial charge in [0.25, 0.3) is 0 Å². The molecule has 0 amide bonds. The number of alkyl halides is 3. The van der Waals surface area contributed by atoms with E-state index in [1.807, 2.05) is 0 Å². The van der Waals surface area contributed by atoms with Gasteiger partial charge in [0.15, 0.2) is 5.82 Å². The second kappa shape index (κ2) is 4.72. The van der Waals surface area contributed by atoms with Gasteiger partial charge in [-0.1, -0.05) is 12.1 Å². The van der Waals surface area contributed by atoms with E-state index in [-0.39, 0.29) is 5.82 Å². The minimum atomic E-state index is -4.35. The highest BCUT2D eigenvalue weighted by Gasteiger charge is 2.30. The fourth-order valence-corrected chi connectivity index (χ4v) is 2.04. The first-order valence-corrected chi connectivity index (χ1v) is 5.60. The molecule has 0 unspecified atom stereocenters. The number of hydrogen-bond acceptors (Lipinski definition) is 4. The number of aromatic nitrogens is 1. The summed E-state index contributed by atoms with van der Waals surface area (Å²) in [7, 11) is 0. The molecule has 0 aliphatic heterocycles. The first-order chi connectivity index (χ1) is 8.50. The summed E-state index contributed by atoms with van der Waals surface area (Å²) in [4.78, 5) is 17.3. The first-order valence-electron chi connectivity index (χ1n) is 4.72. The summed E-state index contributed by atoms with van der Waals surface area (Å²) in [5, 5.41) is 2.02. The Kier molecular flexibility index (Phi) is 3.27. The number of benzene rings is 1. The van der Waals surface area contributed by atoms with E-state index in [9.17, 15) is 18.0 Å². The highest BCUT2D eigenvalue weighted by Crippen LogP contribution is 2.32. The molecule has 18 heavy (non-hydrogen) atoms. The molecule has 1 heterocycles. The lowest BCUT2D eigenvalue weighted by atomic mass is 10.1. The lowest BCUT2D eigenvalue weighted by molar-refractivity contribution is -0.137. The van der Waals surface area contributed by atoms with Crippen molar-refractivity contribution in [1.82, 2.24) is 4.98 Å². The number of hydrogen-bond donors (Lipinski definition) is 0. The maximum atomic E-state index is 12.4. The number of isocyanates is 1. The molecule has 0 N–H and O–H groups in total. The van der Waals surface area contributed by atoms with Crippen molar-refractivity contribution in [1.29, 1.82) is 0 Å². The van der Waals surface area contributed by atoms with Crippen LogP contribution >= 0.6 is 11.3 Å². The zero-order valence-corrected chi connectivity index (χ0v) is 9.55. The van der Waals surface area contributed by atoms with Crippen molar-refractivity contribution in [2.75, 3.05) is 0 Å². The summed E-state index contributed by atoms with van der Waals surface area (Å²) < 4.78 is 37.1. The third kappa shape index (κ3) is 2.64. The lowest BCUT2D eigenvalue weighted by Crippen LogP contribution is -2.03. The number of halogens is 3. The molecule has 0 radical (unpaired) electrons. The van der Waals surface area contributed by atoms with E-state index in [1.165, 1.54) is 34.9 Å². The average Bonchev–Trinajstić information content (AvgIpc) is 2.77. The SMILES string of the molecule is O=C=Nc1csc(-c2ccc(C(F)(F)F)cc2)n1. The predicted octanol–water partition coefficient (Wildman–Crippen LogP) is 3.80. The van der Waals surface area contributed by atoms with Crippen LogP contribution in [0.15, 0.2) is 34.6 Å². The second-order valence-electron chi connectivity index (χ2n) is 3.29. The molecule has 2 aromatic rings. The Labute approximate surface area is 104 Å². The summed E-state index contributed by atoms with van der Waals surface area (Å²) in [5.74, 6) is 0.199. The molecule has 0 saturated carbocycles. The predicted molar refractivity (Wildman–Crippen MR) is 60.3 cm³/mol. The van der Waals surface area contributed by atoms with E-state index in [2.05, 4.69) is 9.98 Å². The van der Waals surface area contributed by atoms with Gasteiger partial charge in [-0.2, -0.15) is 13.2 Å². The van der Waals surface area contributed by atoms with Crippen molar-refractivity contribution in [3.8, 4) is 10.6 Å². The van der Waals surface area contributed by atoms with E-state index in [1.54, 1.807) is 0 Å². The maximum Gasteiger partial charge on any atom is 0.416 e. The molecule has 0 saturated heterocycles. The van der Waals surface area contributed by atoms with Gasteiger partial charge >= 0.3 is 6.18 Å². The van der Waals surface area contributed by atoms with E-state index in [4.69, 9.17) is 0 Å². The lowest BCUT2D eigenvalue weighted by Gasteiger charge is -2.06. The summed E-state index contributed by atoms with van der Waals surface area (Å²) in [6.07, 6.45) is -3.00. The summed E-state index contributed by atoms with van der Waals surface area (Å²) in [6, 6.07) is 4.63. The van der Waals surface area contributed by atoms with Crippen LogP contribution in [0, 0.1) is 0 Å². The number of rotatable bonds is 2. The summed E-state index contributed by atoms with van der Waals surface area (Å²) in [5.41, 5.74) is -0.172. The van der Waals surface area contributed by atoms with Gasteiger partial charge in [-0.3, -0.25) is 0 Å². The Morgan fingerprint density at radius 1 is 1.22 bits per heavy atom. The van der Waals surface area contributed by atoms with Gasteiger partial charge < -0.3 is 0 Å². The molecule has 92 valence electrons. The van der Waals surface area contributed by atoms with Crippen molar-refractivity contribution in [2.24, 2.45) is 4.99 Å². The van der Waals surface area contributed by atoms with Crippen LogP contribution in [0.3, 0.4) is 0 Å². The van der Waals surface area contributed by atoms with Gasteiger partial charge in [0.1, 0.15) is 5.01 Å². The van der Waals surface area contributed by atoms with Gasteiger partial charge in [0.05, 0.1) is 5.56 Å². The number of aliphatic imine (C=N–C) groups is 1. The molecular formula is C11H5F3N2OS. The molecule has 0 aliphatic carbocycles. The van der Waals surface area contributed by atoms with Crippen molar-refractivity contribution in [3.63, 3.8) is 0 Å².